The number of hydrogen-bond donors (Lipinski definition) is 0. The van der Waals surface area contributed by atoms with Crippen molar-refractivity contribution in [1.29, 1.82) is 0 Å². The fourth-order valence-electron chi connectivity index (χ4n) is 2.15. The third-order valence-corrected chi connectivity index (χ3v) is 3.52. The van der Waals surface area contributed by atoms with Crippen LogP contribution >= 0.6 is 11.6 Å². The summed E-state index contributed by atoms with van der Waals surface area (Å²) in [5.41, 5.74) is 0.564. The Balaban J connectivity index is 2.08. The lowest BCUT2D eigenvalue weighted by Crippen LogP contribution is -2.39. The van der Waals surface area contributed by atoms with Crippen molar-refractivity contribution in [2.45, 2.75) is 13.8 Å². The number of benzene rings is 1. The lowest BCUT2D eigenvalue weighted by atomic mass is 10.1. The molecular weight excluding hydrogens is 290 g/mol. The van der Waals surface area contributed by atoms with Crippen LogP contribution in [0.1, 0.15) is 24.2 Å². The number of ether oxygens (including phenoxy) is 2. The minimum Gasteiger partial charge on any atom is -0.493 e. The number of halogens is 1. The number of Topliss-reactive ketones (excluding diaryl/α,β-unsaturated/α-hetero) is 1. The molecule has 1 aliphatic rings. The van der Waals surface area contributed by atoms with Crippen LogP contribution in [0.5, 0.6) is 5.75 Å². The van der Waals surface area contributed by atoms with Gasteiger partial charge in [-0.25, -0.2) is 0 Å². The normalized spacial score (nSPS) is 16.2. The fourth-order valence-corrected chi connectivity index (χ4v) is 2.32. The molecule has 0 aliphatic carbocycles. The van der Waals surface area contributed by atoms with Crippen LogP contribution < -0.4 is 4.74 Å². The van der Waals surface area contributed by atoms with Crippen molar-refractivity contribution >= 4 is 17.4 Å². The zero-order chi connectivity index (χ0) is 15.2. The van der Waals surface area contributed by atoms with Gasteiger partial charge < -0.3 is 9.47 Å². The average Bonchev–Trinajstić information content (AvgIpc) is 2.46. The lowest BCUT2D eigenvalue weighted by Gasteiger charge is -2.26. The molecule has 1 aromatic carbocycles. The number of rotatable bonds is 6. The quantitative estimate of drug-likeness (QED) is 0.757. The molecule has 1 aromatic rings. The molecule has 0 spiro atoms. The summed E-state index contributed by atoms with van der Waals surface area (Å²) >= 11 is 6.02. The first-order chi connectivity index (χ1) is 10.1. The molecule has 0 unspecified atom stereocenters. The molecule has 0 atom stereocenters. The highest BCUT2D eigenvalue weighted by atomic mass is 35.5. The molecule has 0 amide bonds. The molecule has 2 rings (SSSR count). The van der Waals surface area contributed by atoms with Crippen molar-refractivity contribution < 1.29 is 14.3 Å². The molecule has 0 aromatic heterocycles. The summed E-state index contributed by atoms with van der Waals surface area (Å²) < 4.78 is 11.0. The molecule has 1 saturated heterocycles. The topological polar surface area (TPSA) is 38.8 Å². The second-order valence-electron chi connectivity index (χ2n) is 5.66. The number of nitrogens with zero attached hydrogens (tertiary/aromatic N) is 1. The summed E-state index contributed by atoms with van der Waals surface area (Å²) in [6.45, 7) is 8.04. The van der Waals surface area contributed by atoms with Gasteiger partial charge in [-0.15, -0.1) is 0 Å². The minimum absolute atomic E-state index is 0.0400. The summed E-state index contributed by atoms with van der Waals surface area (Å²) in [6, 6.07) is 5.22. The maximum absolute atomic E-state index is 12.5. The van der Waals surface area contributed by atoms with Gasteiger partial charge in [0.2, 0.25) is 0 Å². The second-order valence-corrected chi connectivity index (χ2v) is 6.09. The molecule has 5 heteroatoms. The van der Waals surface area contributed by atoms with E-state index in [1.165, 1.54) is 0 Å². The van der Waals surface area contributed by atoms with Crippen molar-refractivity contribution in [2.75, 3.05) is 39.5 Å². The first kappa shape index (κ1) is 16.3. The van der Waals surface area contributed by atoms with Gasteiger partial charge in [-0.05, 0) is 24.1 Å². The predicted octanol–water partition coefficient (Wildman–Crippen LogP) is 2.89. The number of hydrogen-bond acceptors (Lipinski definition) is 4. The Hall–Kier alpha value is -1.10. The number of carbonyl (C=O) groups excluding carboxylic acids is 1. The van der Waals surface area contributed by atoms with Crippen molar-refractivity contribution in [3.63, 3.8) is 0 Å². The van der Waals surface area contributed by atoms with Gasteiger partial charge in [0.05, 0.1) is 31.9 Å². The highest BCUT2D eigenvalue weighted by Crippen LogP contribution is 2.24. The maximum Gasteiger partial charge on any atom is 0.180 e. The molecule has 116 valence electrons. The Morgan fingerprint density at radius 1 is 1.38 bits per heavy atom. The largest absolute Gasteiger partial charge is 0.493 e. The van der Waals surface area contributed by atoms with E-state index in [1.54, 1.807) is 18.2 Å². The molecule has 0 radical (unpaired) electrons. The SMILES string of the molecule is CC(C)COc1ccc(Cl)cc1C(=O)CN1CCOCC1. The Morgan fingerprint density at radius 2 is 2.10 bits per heavy atom. The molecule has 1 aliphatic heterocycles. The molecule has 1 fully saturated rings. The summed E-state index contributed by atoms with van der Waals surface area (Å²) in [6.07, 6.45) is 0. The second kappa shape index (κ2) is 7.78. The van der Waals surface area contributed by atoms with Gasteiger partial charge in [-0.1, -0.05) is 25.4 Å². The van der Waals surface area contributed by atoms with Crippen LogP contribution in [0.3, 0.4) is 0 Å². The Labute approximate surface area is 131 Å². The van der Waals surface area contributed by atoms with Gasteiger partial charge in [-0.2, -0.15) is 0 Å². The average molecular weight is 312 g/mol. The zero-order valence-electron chi connectivity index (χ0n) is 12.6. The van der Waals surface area contributed by atoms with Gasteiger partial charge in [-0.3, -0.25) is 9.69 Å². The molecule has 0 bridgehead atoms. The van der Waals surface area contributed by atoms with Gasteiger partial charge in [0.25, 0.3) is 0 Å². The van der Waals surface area contributed by atoms with E-state index in [0.29, 0.717) is 48.6 Å². The zero-order valence-corrected chi connectivity index (χ0v) is 13.4. The third-order valence-electron chi connectivity index (χ3n) is 3.29. The predicted molar refractivity (Wildman–Crippen MR) is 83.4 cm³/mol. The van der Waals surface area contributed by atoms with Crippen LogP contribution in [-0.4, -0.2) is 50.1 Å². The van der Waals surface area contributed by atoms with E-state index < -0.39 is 0 Å². The van der Waals surface area contributed by atoms with Gasteiger partial charge in [0.15, 0.2) is 5.78 Å². The molecule has 4 nitrogen and oxygen atoms in total. The van der Waals surface area contributed by atoms with Crippen molar-refractivity contribution in [2.24, 2.45) is 5.92 Å². The molecule has 1 heterocycles. The number of ketones is 1. The first-order valence-corrected chi connectivity index (χ1v) is 7.69. The van der Waals surface area contributed by atoms with E-state index >= 15 is 0 Å². The number of carbonyl (C=O) groups is 1. The molecule has 0 N–H and O–H groups in total. The van der Waals surface area contributed by atoms with E-state index in [0.717, 1.165) is 13.1 Å². The summed E-state index contributed by atoms with van der Waals surface area (Å²) in [5.74, 6) is 1.06. The Bertz CT molecular complexity index is 484. The lowest BCUT2D eigenvalue weighted by molar-refractivity contribution is 0.0370. The molecule has 21 heavy (non-hydrogen) atoms. The molecular formula is C16H22ClNO3. The van der Waals surface area contributed by atoms with Crippen LogP contribution in [0, 0.1) is 5.92 Å². The maximum atomic E-state index is 12.5. The van der Waals surface area contributed by atoms with Crippen LogP contribution in [-0.2, 0) is 4.74 Å². The van der Waals surface area contributed by atoms with E-state index in [9.17, 15) is 4.79 Å². The van der Waals surface area contributed by atoms with Crippen LogP contribution in [0.4, 0.5) is 0 Å². The van der Waals surface area contributed by atoms with Crippen LogP contribution in [0.25, 0.3) is 0 Å². The monoisotopic (exact) mass is 311 g/mol. The smallest absolute Gasteiger partial charge is 0.180 e. The highest BCUT2D eigenvalue weighted by Gasteiger charge is 2.19. The molecule has 0 saturated carbocycles. The standard InChI is InChI=1S/C16H22ClNO3/c1-12(2)11-21-16-4-3-13(17)9-14(16)15(19)10-18-5-7-20-8-6-18/h3-4,9,12H,5-8,10-11H2,1-2H3. The van der Waals surface area contributed by atoms with E-state index in [4.69, 9.17) is 21.1 Å². The van der Waals surface area contributed by atoms with Gasteiger partial charge in [0, 0.05) is 18.1 Å². The first-order valence-electron chi connectivity index (χ1n) is 7.32. The van der Waals surface area contributed by atoms with Crippen LogP contribution in [0.2, 0.25) is 5.02 Å². The minimum atomic E-state index is 0.0400. The van der Waals surface area contributed by atoms with Crippen molar-refractivity contribution in [1.82, 2.24) is 4.90 Å². The van der Waals surface area contributed by atoms with Crippen molar-refractivity contribution in [3.05, 3.63) is 28.8 Å². The third kappa shape index (κ3) is 4.99. The fraction of sp³-hybridized carbons (Fsp3) is 0.562. The number of morpholine rings is 1. The summed E-state index contributed by atoms with van der Waals surface area (Å²) in [7, 11) is 0. The van der Waals surface area contributed by atoms with Gasteiger partial charge in [0.1, 0.15) is 5.75 Å². The van der Waals surface area contributed by atoms with E-state index in [-0.39, 0.29) is 5.78 Å². The Kier molecular flexibility index (Phi) is 6.03. The van der Waals surface area contributed by atoms with Crippen LogP contribution in [0.15, 0.2) is 18.2 Å². The highest BCUT2D eigenvalue weighted by molar-refractivity contribution is 6.31. The van der Waals surface area contributed by atoms with Gasteiger partial charge >= 0.3 is 0 Å². The Morgan fingerprint density at radius 3 is 2.76 bits per heavy atom. The summed E-state index contributed by atoms with van der Waals surface area (Å²) in [4.78, 5) is 14.6. The summed E-state index contributed by atoms with van der Waals surface area (Å²) in [5, 5.41) is 0.553. The van der Waals surface area contributed by atoms with Crippen molar-refractivity contribution in [3.8, 4) is 5.75 Å². The van der Waals surface area contributed by atoms with E-state index in [1.807, 2.05) is 0 Å². The van der Waals surface area contributed by atoms with E-state index in [2.05, 4.69) is 18.7 Å².